The van der Waals surface area contributed by atoms with Gasteiger partial charge in [-0.2, -0.15) is 0 Å². The zero-order valence-corrected chi connectivity index (χ0v) is 18.2. The van der Waals surface area contributed by atoms with E-state index in [0.717, 1.165) is 4.31 Å². The SMILES string of the molecule is CN(C)S(=O)(=O)c1ccc(C(=O)Nc2ccc3nc(-c4ccccc4Cl)oc3c2)cc1. The quantitative estimate of drug-likeness (QED) is 0.472. The van der Waals surface area contributed by atoms with Crippen molar-refractivity contribution in [1.29, 1.82) is 0 Å². The second-order valence-corrected chi connectivity index (χ2v) is 9.51. The molecule has 0 bridgehead atoms. The van der Waals surface area contributed by atoms with Gasteiger partial charge in [0.05, 0.1) is 15.5 Å². The fourth-order valence-corrected chi connectivity index (χ4v) is 4.06. The number of rotatable bonds is 5. The Labute approximate surface area is 184 Å². The van der Waals surface area contributed by atoms with Crippen molar-refractivity contribution in [3.05, 3.63) is 77.3 Å². The average molecular weight is 456 g/mol. The first kappa shape index (κ1) is 21.0. The zero-order valence-electron chi connectivity index (χ0n) is 16.7. The first-order valence-corrected chi connectivity index (χ1v) is 11.1. The summed E-state index contributed by atoms with van der Waals surface area (Å²) in [6.07, 6.45) is 0. The van der Waals surface area contributed by atoms with Crippen molar-refractivity contribution >= 4 is 44.3 Å². The van der Waals surface area contributed by atoms with Crippen LogP contribution >= 0.6 is 11.6 Å². The first-order chi connectivity index (χ1) is 14.8. The summed E-state index contributed by atoms with van der Waals surface area (Å²) in [5.74, 6) is 0.0146. The van der Waals surface area contributed by atoms with Crippen LogP contribution < -0.4 is 5.32 Å². The Hall–Kier alpha value is -3.20. The molecule has 1 N–H and O–H groups in total. The standard InChI is InChI=1S/C22H18ClN3O4S/c1-26(2)31(28,29)16-10-7-14(8-11-16)21(27)24-15-9-12-19-20(13-15)30-22(25-19)17-5-3-4-6-18(17)23/h3-13H,1-2H3,(H,24,27). The molecular weight excluding hydrogens is 438 g/mol. The predicted molar refractivity (Wildman–Crippen MR) is 120 cm³/mol. The zero-order chi connectivity index (χ0) is 22.2. The van der Waals surface area contributed by atoms with Gasteiger partial charge in [0.15, 0.2) is 5.58 Å². The van der Waals surface area contributed by atoms with E-state index in [-0.39, 0.29) is 10.8 Å². The van der Waals surface area contributed by atoms with Crippen LogP contribution in [0.5, 0.6) is 0 Å². The number of hydrogen-bond acceptors (Lipinski definition) is 5. The van der Waals surface area contributed by atoms with Crippen molar-refractivity contribution in [2.75, 3.05) is 19.4 Å². The van der Waals surface area contributed by atoms with Gasteiger partial charge in [-0.3, -0.25) is 4.79 Å². The van der Waals surface area contributed by atoms with E-state index in [4.69, 9.17) is 16.0 Å². The summed E-state index contributed by atoms with van der Waals surface area (Å²) in [4.78, 5) is 17.1. The van der Waals surface area contributed by atoms with Crippen molar-refractivity contribution < 1.29 is 17.6 Å². The number of hydrogen-bond donors (Lipinski definition) is 1. The predicted octanol–water partition coefficient (Wildman–Crippen LogP) is 4.65. The maximum Gasteiger partial charge on any atom is 0.255 e. The summed E-state index contributed by atoms with van der Waals surface area (Å²) in [7, 11) is -0.651. The molecule has 9 heteroatoms. The van der Waals surface area contributed by atoms with Gasteiger partial charge in [-0.25, -0.2) is 17.7 Å². The molecule has 0 fully saturated rings. The van der Waals surface area contributed by atoms with Crippen molar-refractivity contribution in [2.45, 2.75) is 4.90 Å². The molecule has 158 valence electrons. The van der Waals surface area contributed by atoms with Crippen LogP contribution in [0.25, 0.3) is 22.6 Å². The van der Waals surface area contributed by atoms with Gasteiger partial charge in [0, 0.05) is 31.4 Å². The van der Waals surface area contributed by atoms with Gasteiger partial charge in [-0.05, 0) is 48.5 Å². The number of anilines is 1. The van der Waals surface area contributed by atoms with Gasteiger partial charge in [-0.1, -0.05) is 23.7 Å². The molecule has 1 amide bonds. The van der Waals surface area contributed by atoms with Crippen molar-refractivity contribution in [3.63, 3.8) is 0 Å². The van der Waals surface area contributed by atoms with Crippen LogP contribution in [-0.2, 0) is 10.0 Å². The summed E-state index contributed by atoms with van der Waals surface area (Å²) < 4.78 is 31.2. The normalized spacial score (nSPS) is 11.7. The lowest BCUT2D eigenvalue weighted by Gasteiger charge is -2.11. The molecule has 1 aromatic heterocycles. The molecule has 7 nitrogen and oxygen atoms in total. The van der Waals surface area contributed by atoms with Crippen LogP contribution in [0.15, 0.2) is 76.0 Å². The van der Waals surface area contributed by atoms with E-state index in [2.05, 4.69) is 10.3 Å². The minimum atomic E-state index is -3.55. The van der Waals surface area contributed by atoms with Crippen LogP contribution in [0.4, 0.5) is 5.69 Å². The largest absolute Gasteiger partial charge is 0.436 e. The molecule has 0 saturated carbocycles. The topological polar surface area (TPSA) is 92.5 Å². The highest BCUT2D eigenvalue weighted by Gasteiger charge is 2.18. The lowest BCUT2D eigenvalue weighted by molar-refractivity contribution is 0.102. The monoisotopic (exact) mass is 455 g/mol. The van der Waals surface area contributed by atoms with Gasteiger partial charge in [0.25, 0.3) is 5.91 Å². The van der Waals surface area contributed by atoms with Crippen LogP contribution in [0.3, 0.4) is 0 Å². The molecule has 0 unspecified atom stereocenters. The minimum Gasteiger partial charge on any atom is -0.436 e. The maximum atomic E-state index is 12.6. The van der Waals surface area contributed by atoms with Gasteiger partial charge < -0.3 is 9.73 Å². The molecule has 0 aliphatic heterocycles. The van der Waals surface area contributed by atoms with Crippen molar-refractivity contribution in [3.8, 4) is 11.5 Å². The molecular formula is C22H18ClN3O4S. The summed E-state index contributed by atoms with van der Waals surface area (Å²) in [6, 6.07) is 18.1. The van der Waals surface area contributed by atoms with Crippen molar-refractivity contribution in [1.82, 2.24) is 9.29 Å². The third kappa shape index (κ3) is 4.18. The molecule has 0 radical (unpaired) electrons. The van der Waals surface area contributed by atoms with Gasteiger partial charge >= 0.3 is 0 Å². The van der Waals surface area contributed by atoms with E-state index in [0.29, 0.717) is 38.8 Å². The van der Waals surface area contributed by atoms with Crippen molar-refractivity contribution in [2.24, 2.45) is 0 Å². The number of carbonyl (C=O) groups excluding carboxylic acids is 1. The Kier molecular flexibility index (Phi) is 5.53. The lowest BCUT2D eigenvalue weighted by atomic mass is 10.2. The third-order valence-corrected chi connectivity index (χ3v) is 6.80. The van der Waals surface area contributed by atoms with Gasteiger partial charge in [0.2, 0.25) is 15.9 Å². The number of nitrogens with zero attached hydrogens (tertiary/aromatic N) is 2. The smallest absolute Gasteiger partial charge is 0.255 e. The number of oxazole rings is 1. The Balaban J connectivity index is 1.56. The average Bonchev–Trinajstić information content (AvgIpc) is 3.17. The van der Waals surface area contributed by atoms with Crippen LogP contribution in [0.2, 0.25) is 5.02 Å². The summed E-state index contributed by atoms with van der Waals surface area (Å²) in [5.41, 5.74) is 2.65. The van der Waals surface area contributed by atoms with Gasteiger partial charge in [0.1, 0.15) is 5.52 Å². The molecule has 0 saturated heterocycles. The molecule has 4 aromatic rings. The highest BCUT2D eigenvalue weighted by Crippen LogP contribution is 2.30. The van der Waals surface area contributed by atoms with E-state index >= 15 is 0 Å². The van der Waals surface area contributed by atoms with E-state index in [9.17, 15) is 13.2 Å². The molecule has 4 rings (SSSR count). The number of amides is 1. The van der Waals surface area contributed by atoms with E-state index < -0.39 is 10.0 Å². The Morgan fingerprint density at radius 3 is 2.42 bits per heavy atom. The number of carbonyl (C=O) groups is 1. The van der Waals surface area contributed by atoms with E-state index in [1.807, 2.05) is 18.2 Å². The molecule has 0 aliphatic rings. The highest BCUT2D eigenvalue weighted by molar-refractivity contribution is 7.89. The second-order valence-electron chi connectivity index (χ2n) is 6.95. The van der Waals surface area contributed by atoms with Crippen LogP contribution in [0.1, 0.15) is 10.4 Å². The highest BCUT2D eigenvalue weighted by atomic mass is 35.5. The molecule has 1 heterocycles. The second kappa shape index (κ2) is 8.14. The molecule has 0 spiro atoms. The van der Waals surface area contributed by atoms with E-state index in [1.54, 1.807) is 24.3 Å². The van der Waals surface area contributed by atoms with Gasteiger partial charge in [-0.15, -0.1) is 0 Å². The number of halogens is 1. The Morgan fingerprint density at radius 2 is 1.74 bits per heavy atom. The summed E-state index contributed by atoms with van der Waals surface area (Å²) in [6.45, 7) is 0. The Morgan fingerprint density at radius 1 is 1.03 bits per heavy atom. The van der Waals surface area contributed by atoms with Crippen LogP contribution in [-0.4, -0.2) is 37.7 Å². The molecule has 3 aromatic carbocycles. The molecule has 0 aliphatic carbocycles. The number of aromatic nitrogens is 1. The summed E-state index contributed by atoms with van der Waals surface area (Å²) >= 11 is 6.21. The maximum absolute atomic E-state index is 12.6. The number of sulfonamides is 1. The number of nitrogens with one attached hydrogen (secondary N) is 1. The Bertz CT molecular complexity index is 1380. The molecule has 0 atom stereocenters. The third-order valence-electron chi connectivity index (χ3n) is 4.65. The number of fused-ring (bicyclic) bond motifs is 1. The number of benzene rings is 3. The molecule has 31 heavy (non-hydrogen) atoms. The van der Waals surface area contributed by atoms with E-state index in [1.165, 1.54) is 38.4 Å². The fraction of sp³-hybridized carbons (Fsp3) is 0.0909. The first-order valence-electron chi connectivity index (χ1n) is 9.25. The fourth-order valence-electron chi connectivity index (χ4n) is 2.94. The lowest BCUT2D eigenvalue weighted by Crippen LogP contribution is -2.22. The van der Waals surface area contributed by atoms with Crippen LogP contribution in [0, 0.1) is 0 Å². The summed E-state index contributed by atoms with van der Waals surface area (Å²) in [5, 5.41) is 3.31. The minimum absolute atomic E-state index is 0.115.